The number of benzene rings is 1. The molecule has 17 heavy (non-hydrogen) atoms. The Labute approximate surface area is 102 Å². The van der Waals surface area contributed by atoms with Gasteiger partial charge in [0, 0.05) is 12.6 Å². The minimum absolute atomic E-state index is 0.134. The van der Waals surface area contributed by atoms with Crippen LogP contribution in [0.4, 0.5) is 5.69 Å². The van der Waals surface area contributed by atoms with Gasteiger partial charge in [0.05, 0.1) is 16.3 Å². The van der Waals surface area contributed by atoms with Crippen LogP contribution in [0.2, 0.25) is 0 Å². The molecule has 1 saturated heterocycles. The van der Waals surface area contributed by atoms with Crippen LogP contribution in [0.3, 0.4) is 0 Å². The van der Waals surface area contributed by atoms with Crippen molar-refractivity contribution in [1.29, 1.82) is 0 Å². The highest BCUT2D eigenvalue weighted by atomic mass is 32.2. The molecule has 4 nitrogen and oxygen atoms in total. The van der Waals surface area contributed by atoms with E-state index >= 15 is 0 Å². The summed E-state index contributed by atoms with van der Waals surface area (Å²) in [6.45, 7) is 3.55. The zero-order valence-corrected chi connectivity index (χ0v) is 10.8. The van der Waals surface area contributed by atoms with E-state index in [-0.39, 0.29) is 5.75 Å². The van der Waals surface area contributed by atoms with Crippen LogP contribution >= 0.6 is 0 Å². The molecule has 0 aromatic heterocycles. The summed E-state index contributed by atoms with van der Waals surface area (Å²) in [4.78, 5) is 0.411. The van der Waals surface area contributed by atoms with Crippen molar-refractivity contribution in [2.45, 2.75) is 24.3 Å². The molecule has 2 N–H and O–H groups in total. The normalized spacial score (nSPS) is 20.4. The lowest BCUT2D eigenvalue weighted by Gasteiger charge is -2.16. The van der Waals surface area contributed by atoms with Crippen molar-refractivity contribution in [3.8, 4) is 0 Å². The van der Waals surface area contributed by atoms with Gasteiger partial charge in [0.1, 0.15) is 0 Å². The van der Waals surface area contributed by atoms with Gasteiger partial charge in [0.2, 0.25) is 0 Å². The summed E-state index contributed by atoms with van der Waals surface area (Å²) in [5, 5.41) is 6.56. The maximum Gasteiger partial charge on any atom is 0.180 e. The average molecular weight is 254 g/mol. The number of hydrogen-bond donors (Lipinski definition) is 2. The van der Waals surface area contributed by atoms with Crippen LogP contribution in [-0.2, 0) is 9.84 Å². The second kappa shape index (κ2) is 5.06. The first-order chi connectivity index (χ1) is 8.13. The topological polar surface area (TPSA) is 58.2 Å². The van der Waals surface area contributed by atoms with Crippen LogP contribution in [0.15, 0.2) is 29.2 Å². The van der Waals surface area contributed by atoms with Crippen LogP contribution in [0, 0.1) is 0 Å². The van der Waals surface area contributed by atoms with Crippen molar-refractivity contribution in [2.75, 3.05) is 24.2 Å². The molecular weight excluding hydrogens is 236 g/mol. The van der Waals surface area contributed by atoms with Gasteiger partial charge in [-0.3, -0.25) is 0 Å². The lowest BCUT2D eigenvalue weighted by Crippen LogP contribution is -2.23. The van der Waals surface area contributed by atoms with Gasteiger partial charge in [0.25, 0.3) is 0 Å². The summed E-state index contributed by atoms with van der Waals surface area (Å²) >= 11 is 0. The molecular formula is C12H18N2O2S. The molecule has 0 bridgehead atoms. The van der Waals surface area contributed by atoms with Gasteiger partial charge in [-0.05, 0) is 25.1 Å². The van der Waals surface area contributed by atoms with Crippen molar-refractivity contribution < 1.29 is 8.42 Å². The van der Waals surface area contributed by atoms with E-state index in [0.717, 1.165) is 25.2 Å². The minimum atomic E-state index is -3.15. The third kappa shape index (κ3) is 2.79. The van der Waals surface area contributed by atoms with Gasteiger partial charge in [-0.1, -0.05) is 19.1 Å². The van der Waals surface area contributed by atoms with E-state index in [4.69, 9.17) is 0 Å². The van der Waals surface area contributed by atoms with Crippen molar-refractivity contribution in [2.24, 2.45) is 0 Å². The number of sulfone groups is 1. The van der Waals surface area contributed by atoms with Crippen LogP contribution in [-0.4, -0.2) is 33.3 Å². The molecule has 1 heterocycles. The summed E-state index contributed by atoms with van der Waals surface area (Å²) in [5.41, 5.74) is 0.725. The Morgan fingerprint density at radius 2 is 2.18 bits per heavy atom. The molecule has 5 heteroatoms. The molecule has 0 radical (unpaired) electrons. The van der Waals surface area contributed by atoms with Crippen LogP contribution < -0.4 is 10.6 Å². The molecule has 2 rings (SSSR count). The Morgan fingerprint density at radius 3 is 2.82 bits per heavy atom. The molecule has 1 fully saturated rings. The van der Waals surface area contributed by atoms with Gasteiger partial charge < -0.3 is 10.6 Å². The third-order valence-corrected chi connectivity index (χ3v) is 4.81. The molecule has 1 aromatic carbocycles. The van der Waals surface area contributed by atoms with E-state index in [9.17, 15) is 8.42 Å². The second-order valence-electron chi connectivity index (χ2n) is 4.23. The smallest absolute Gasteiger partial charge is 0.180 e. The summed E-state index contributed by atoms with van der Waals surface area (Å²) in [6.07, 6.45) is 1.03. The lowest BCUT2D eigenvalue weighted by atomic mass is 10.2. The van der Waals surface area contributed by atoms with Gasteiger partial charge in [-0.15, -0.1) is 0 Å². The Balaban J connectivity index is 2.27. The van der Waals surface area contributed by atoms with Crippen LogP contribution in [0.5, 0.6) is 0 Å². The number of nitrogens with one attached hydrogen (secondary N) is 2. The summed E-state index contributed by atoms with van der Waals surface area (Å²) < 4.78 is 23.9. The molecule has 0 spiro atoms. The lowest BCUT2D eigenvalue weighted by molar-refractivity contribution is 0.597. The fourth-order valence-corrected chi connectivity index (χ4v) is 3.07. The molecule has 0 amide bonds. The maximum absolute atomic E-state index is 11.9. The number of rotatable bonds is 4. The SMILES string of the molecule is CCS(=O)(=O)c1ccccc1NC1CCNC1. The fraction of sp³-hybridized carbons (Fsp3) is 0.500. The van der Waals surface area contributed by atoms with E-state index in [1.54, 1.807) is 19.1 Å². The quantitative estimate of drug-likeness (QED) is 0.849. The molecule has 1 aliphatic heterocycles. The summed E-state index contributed by atoms with van der Waals surface area (Å²) in [6, 6.07) is 7.45. The van der Waals surface area contributed by atoms with Crippen molar-refractivity contribution >= 4 is 15.5 Å². The largest absolute Gasteiger partial charge is 0.380 e. The summed E-state index contributed by atoms with van der Waals surface area (Å²) in [5.74, 6) is 0.134. The molecule has 0 aliphatic carbocycles. The first kappa shape index (κ1) is 12.4. The van der Waals surface area contributed by atoms with E-state index in [0.29, 0.717) is 10.9 Å². The van der Waals surface area contributed by atoms with Crippen LogP contribution in [0.25, 0.3) is 0 Å². The van der Waals surface area contributed by atoms with E-state index in [1.165, 1.54) is 0 Å². The van der Waals surface area contributed by atoms with E-state index in [1.807, 2.05) is 12.1 Å². The molecule has 1 aromatic rings. The van der Waals surface area contributed by atoms with Gasteiger partial charge in [-0.25, -0.2) is 8.42 Å². The maximum atomic E-state index is 11.9. The van der Waals surface area contributed by atoms with Gasteiger partial charge >= 0.3 is 0 Å². The molecule has 1 aliphatic rings. The zero-order chi connectivity index (χ0) is 12.3. The Bertz CT molecular complexity index is 479. The minimum Gasteiger partial charge on any atom is -0.380 e. The molecule has 1 unspecified atom stereocenters. The first-order valence-corrected chi connectivity index (χ1v) is 7.58. The highest BCUT2D eigenvalue weighted by molar-refractivity contribution is 7.91. The van der Waals surface area contributed by atoms with Crippen LogP contribution in [0.1, 0.15) is 13.3 Å². The highest BCUT2D eigenvalue weighted by Crippen LogP contribution is 2.23. The highest BCUT2D eigenvalue weighted by Gasteiger charge is 2.19. The predicted molar refractivity (Wildman–Crippen MR) is 69.1 cm³/mol. The summed E-state index contributed by atoms with van der Waals surface area (Å²) in [7, 11) is -3.15. The van der Waals surface area contributed by atoms with E-state index < -0.39 is 9.84 Å². The van der Waals surface area contributed by atoms with Crippen molar-refractivity contribution in [3.63, 3.8) is 0 Å². The second-order valence-corrected chi connectivity index (χ2v) is 6.48. The molecule has 94 valence electrons. The Morgan fingerprint density at radius 1 is 1.41 bits per heavy atom. The van der Waals surface area contributed by atoms with Crippen molar-refractivity contribution in [3.05, 3.63) is 24.3 Å². The Kier molecular flexibility index (Phi) is 3.69. The number of para-hydroxylation sites is 1. The number of hydrogen-bond acceptors (Lipinski definition) is 4. The predicted octanol–water partition coefficient (Wildman–Crippen LogP) is 1.25. The third-order valence-electron chi connectivity index (χ3n) is 3.02. The van der Waals surface area contributed by atoms with Gasteiger partial charge in [-0.2, -0.15) is 0 Å². The van der Waals surface area contributed by atoms with Gasteiger partial charge in [0.15, 0.2) is 9.84 Å². The Hall–Kier alpha value is -1.07. The monoisotopic (exact) mass is 254 g/mol. The van der Waals surface area contributed by atoms with E-state index in [2.05, 4.69) is 10.6 Å². The molecule has 1 atom stereocenters. The standard InChI is InChI=1S/C12H18N2O2S/c1-2-17(15,16)12-6-4-3-5-11(12)14-10-7-8-13-9-10/h3-6,10,13-14H,2,7-9H2,1H3. The number of anilines is 1. The fourth-order valence-electron chi connectivity index (χ4n) is 2.01. The van der Waals surface area contributed by atoms with Crippen molar-refractivity contribution in [1.82, 2.24) is 5.32 Å². The average Bonchev–Trinajstić information content (AvgIpc) is 2.82. The first-order valence-electron chi connectivity index (χ1n) is 5.92. The molecule has 0 saturated carbocycles. The zero-order valence-electron chi connectivity index (χ0n) is 9.94.